The van der Waals surface area contributed by atoms with Gasteiger partial charge in [0.1, 0.15) is 18.3 Å². The first-order chi connectivity index (χ1) is 11.0. The Morgan fingerprint density at radius 1 is 1.43 bits per heavy atom. The van der Waals surface area contributed by atoms with Gasteiger partial charge < -0.3 is 9.47 Å². The van der Waals surface area contributed by atoms with Crippen LogP contribution in [0.5, 0.6) is 0 Å². The molecule has 0 unspecified atom stereocenters. The van der Waals surface area contributed by atoms with E-state index in [4.69, 9.17) is 9.47 Å². The van der Waals surface area contributed by atoms with Gasteiger partial charge in [-0.1, -0.05) is 6.92 Å². The van der Waals surface area contributed by atoms with Crippen LogP contribution in [0.25, 0.3) is 0 Å². The minimum atomic E-state index is -3.24. The summed E-state index contributed by atoms with van der Waals surface area (Å²) < 4.78 is 40.0. The molecular formula is C14H24N4O4S. The summed E-state index contributed by atoms with van der Waals surface area (Å²) in [6.45, 7) is 4.15. The molecule has 2 aliphatic heterocycles. The lowest BCUT2D eigenvalue weighted by molar-refractivity contribution is -0.0860. The predicted octanol–water partition coefficient (Wildman–Crippen LogP) is 0.268. The van der Waals surface area contributed by atoms with Crippen molar-refractivity contribution in [3.63, 3.8) is 0 Å². The van der Waals surface area contributed by atoms with Crippen LogP contribution in [-0.4, -0.2) is 71.2 Å². The van der Waals surface area contributed by atoms with Gasteiger partial charge in [0.05, 0.1) is 31.6 Å². The number of hydrogen-bond donors (Lipinski definition) is 0. The highest BCUT2D eigenvalue weighted by molar-refractivity contribution is 7.89. The third-order valence-electron chi connectivity index (χ3n) is 4.37. The zero-order chi connectivity index (χ0) is 16.3. The largest absolute Gasteiger partial charge is 0.377 e. The third-order valence-corrected chi connectivity index (χ3v) is 6.39. The number of aromatic nitrogens is 3. The Morgan fingerprint density at radius 3 is 3.04 bits per heavy atom. The van der Waals surface area contributed by atoms with Crippen LogP contribution >= 0.6 is 0 Å². The zero-order valence-corrected chi connectivity index (χ0v) is 14.2. The van der Waals surface area contributed by atoms with Crippen molar-refractivity contribution in [3.05, 3.63) is 12.7 Å². The highest BCUT2D eigenvalue weighted by atomic mass is 32.2. The summed E-state index contributed by atoms with van der Waals surface area (Å²) in [6.07, 6.45) is 5.45. The topological polar surface area (TPSA) is 86.6 Å². The fraction of sp³-hybridized carbons (Fsp3) is 0.857. The van der Waals surface area contributed by atoms with Crippen LogP contribution in [0.4, 0.5) is 0 Å². The molecule has 3 heterocycles. The average Bonchev–Trinajstić information content (AvgIpc) is 3.07. The summed E-state index contributed by atoms with van der Waals surface area (Å²) in [5.74, 6) is 0.172. The molecule has 2 atom stereocenters. The number of nitrogens with zero attached hydrogens (tertiary/aromatic N) is 4. The van der Waals surface area contributed by atoms with Crippen LogP contribution in [0, 0.1) is 0 Å². The molecule has 0 saturated carbocycles. The van der Waals surface area contributed by atoms with Gasteiger partial charge in [-0.3, -0.25) is 4.68 Å². The Labute approximate surface area is 136 Å². The van der Waals surface area contributed by atoms with Gasteiger partial charge >= 0.3 is 0 Å². The van der Waals surface area contributed by atoms with E-state index in [1.807, 2.05) is 6.92 Å². The molecule has 1 aromatic rings. The maximum atomic E-state index is 12.4. The summed E-state index contributed by atoms with van der Waals surface area (Å²) in [4.78, 5) is 3.93. The lowest BCUT2D eigenvalue weighted by Crippen LogP contribution is -2.47. The molecule has 2 fully saturated rings. The first-order valence-corrected chi connectivity index (χ1v) is 9.70. The fourth-order valence-corrected chi connectivity index (χ4v) is 4.84. The molecular weight excluding hydrogens is 320 g/mol. The molecule has 2 aliphatic rings. The summed E-state index contributed by atoms with van der Waals surface area (Å²) in [6, 6.07) is 0. The SMILES string of the molecule is CCCS(=O)(=O)N1CCOC[C@]2(CC[C@H](Cn3cncn3)O2)C1. The summed E-state index contributed by atoms with van der Waals surface area (Å²) >= 11 is 0. The molecule has 0 radical (unpaired) electrons. The average molecular weight is 344 g/mol. The molecule has 1 spiro atoms. The van der Waals surface area contributed by atoms with E-state index in [0.717, 1.165) is 12.8 Å². The monoisotopic (exact) mass is 344 g/mol. The van der Waals surface area contributed by atoms with E-state index in [1.165, 1.54) is 6.33 Å². The Bertz CT molecular complexity index is 606. The van der Waals surface area contributed by atoms with E-state index in [-0.39, 0.29) is 11.9 Å². The second-order valence-corrected chi connectivity index (χ2v) is 8.37. The van der Waals surface area contributed by atoms with Gasteiger partial charge in [-0.25, -0.2) is 13.4 Å². The van der Waals surface area contributed by atoms with Crippen LogP contribution < -0.4 is 0 Å². The summed E-state index contributed by atoms with van der Waals surface area (Å²) in [5.41, 5.74) is -0.539. The molecule has 130 valence electrons. The van der Waals surface area contributed by atoms with Gasteiger partial charge in [0, 0.05) is 13.1 Å². The number of rotatable bonds is 5. The van der Waals surface area contributed by atoms with Gasteiger partial charge in [-0.15, -0.1) is 0 Å². The molecule has 1 aromatic heterocycles. The molecule has 0 N–H and O–H groups in total. The van der Waals surface area contributed by atoms with E-state index in [2.05, 4.69) is 10.1 Å². The van der Waals surface area contributed by atoms with Crippen molar-refractivity contribution in [2.45, 2.75) is 44.4 Å². The van der Waals surface area contributed by atoms with Crippen LogP contribution in [0.2, 0.25) is 0 Å². The molecule has 3 rings (SSSR count). The second-order valence-electron chi connectivity index (χ2n) is 6.28. The van der Waals surface area contributed by atoms with Crippen molar-refractivity contribution in [2.75, 3.05) is 32.1 Å². The Balaban J connectivity index is 1.68. The lowest BCUT2D eigenvalue weighted by Gasteiger charge is -2.31. The van der Waals surface area contributed by atoms with E-state index >= 15 is 0 Å². The van der Waals surface area contributed by atoms with Gasteiger partial charge in [0.2, 0.25) is 10.0 Å². The minimum Gasteiger partial charge on any atom is -0.377 e. The van der Waals surface area contributed by atoms with Crippen molar-refractivity contribution in [1.29, 1.82) is 0 Å². The van der Waals surface area contributed by atoms with Crippen LogP contribution in [0.3, 0.4) is 0 Å². The molecule has 8 nitrogen and oxygen atoms in total. The molecule has 0 bridgehead atoms. The van der Waals surface area contributed by atoms with Crippen LogP contribution in [-0.2, 0) is 26.0 Å². The Kier molecular flexibility index (Phi) is 5.00. The van der Waals surface area contributed by atoms with E-state index < -0.39 is 15.6 Å². The Morgan fingerprint density at radius 2 is 2.30 bits per heavy atom. The molecule has 0 amide bonds. The van der Waals surface area contributed by atoms with E-state index in [9.17, 15) is 8.42 Å². The van der Waals surface area contributed by atoms with Gasteiger partial charge in [-0.05, 0) is 19.3 Å². The smallest absolute Gasteiger partial charge is 0.214 e. The molecule has 9 heteroatoms. The van der Waals surface area contributed by atoms with Gasteiger partial charge in [0.15, 0.2) is 0 Å². The highest BCUT2D eigenvalue weighted by Gasteiger charge is 2.45. The number of ether oxygens (including phenoxy) is 2. The predicted molar refractivity (Wildman–Crippen MR) is 83.3 cm³/mol. The highest BCUT2D eigenvalue weighted by Crippen LogP contribution is 2.34. The molecule has 0 aliphatic carbocycles. The molecule has 23 heavy (non-hydrogen) atoms. The van der Waals surface area contributed by atoms with Crippen molar-refractivity contribution >= 4 is 10.0 Å². The van der Waals surface area contributed by atoms with Crippen molar-refractivity contribution < 1.29 is 17.9 Å². The maximum Gasteiger partial charge on any atom is 0.214 e. The fourth-order valence-electron chi connectivity index (χ4n) is 3.28. The van der Waals surface area contributed by atoms with Crippen LogP contribution in [0.15, 0.2) is 12.7 Å². The Hall–Kier alpha value is -1.03. The van der Waals surface area contributed by atoms with Gasteiger partial charge in [0.25, 0.3) is 0 Å². The molecule has 0 aromatic carbocycles. The number of hydrogen-bond acceptors (Lipinski definition) is 6. The zero-order valence-electron chi connectivity index (χ0n) is 13.4. The number of sulfonamides is 1. The lowest BCUT2D eigenvalue weighted by atomic mass is 10.0. The first kappa shape index (κ1) is 16.8. The van der Waals surface area contributed by atoms with Crippen LogP contribution in [0.1, 0.15) is 26.2 Å². The van der Waals surface area contributed by atoms with E-state index in [1.54, 1.807) is 15.3 Å². The van der Waals surface area contributed by atoms with E-state index in [0.29, 0.717) is 39.3 Å². The van der Waals surface area contributed by atoms with Crippen molar-refractivity contribution in [1.82, 2.24) is 19.1 Å². The maximum absolute atomic E-state index is 12.4. The second kappa shape index (κ2) is 6.84. The standard InChI is InChI=1S/C14H24N4O4S/c1-2-7-23(19,20)18-5-6-21-10-14(9-18)4-3-13(22-14)8-17-12-15-11-16-17/h11-13H,2-10H2,1H3/t13-,14+/m1/s1. The van der Waals surface area contributed by atoms with Gasteiger partial charge in [-0.2, -0.15) is 9.40 Å². The van der Waals surface area contributed by atoms with Crippen molar-refractivity contribution in [3.8, 4) is 0 Å². The quantitative estimate of drug-likeness (QED) is 0.762. The van der Waals surface area contributed by atoms with Crippen molar-refractivity contribution in [2.24, 2.45) is 0 Å². The first-order valence-electron chi connectivity index (χ1n) is 8.09. The summed E-state index contributed by atoms with van der Waals surface area (Å²) in [7, 11) is -3.24. The minimum absolute atomic E-state index is 0.00845. The molecule has 2 saturated heterocycles. The third kappa shape index (κ3) is 3.90. The normalized spacial score (nSPS) is 29.9. The summed E-state index contributed by atoms with van der Waals surface area (Å²) in [5, 5.41) is 4.10.